The van der Waals surface area contributed by atoms with E-state index in [1.54, 1.807) is 0 Å². The third-order valence-electron chi connectivity index (χ3n) is 3.73. The smallest absolute Gasteiger partial charge is 0.258 e. The van der Waals surface area contributed by atoms with Crippen LogP contribution in [0.1, 0.15) is 43.1 Å². The molecule has 1 atom stereocenters. The van der Waals surface area contributed by atoms with Gasteiger partial charge in [-0.05, 0) is 50.1 Å². The molecular weight excluding hydrogens is 318 g/mol. The summed E-state index contributed by atoms with van der Waals surface area (Å²) in [5.41, 5.74) is 2.13. The average molecular weight is 336 g/mol. The first-order valence-corrected chi connectivity index (χ1v) is 7.87. The molecule has 1 unspecified atom stereocenters. The van der Waals surface area contributed by atoms with Gasteiger partial charge in [-0.25, -0.2) is 0 Å². The molecule has 0 spiro atoms. The van der Waals surface area contributed by atoms with Crippen molar-refractivity contribution in [3.05, 3.63) is 34.1 Å². The van der Waals surface area contributed by atoms with Crippen molar-refractivity contribution in [2.45, 2.75) is 38.6 Å². The second kappa shape index (κ2) is 6.06. The normalized spacial score (nSPS) is 19.8. The molecule has 1 aromatic carbocycles. The van der Waals surface area contributed by atoms with Gasteiger partial charge in [0.2, 0.25) is 0 Å². The lowest BCUT2D eigenvalue weighted by atomic mass is 10.1. The minimum absolute atomic E-state index is 0.228. The topological polar surface area (TPSA) is 51.0 Å². The van der Waals surface area contributed by atoms with E-state index >= 15 is 0 Å². The lowest BCUT2D eigenvalue weighted by Crippen LogP contribution is -2.21. The monoisotopic (exact) mass is 335 g/mol. The van der Waals surface area contributed by atoms with Crippen molar-refractivity contribution in [1.29, 1.82) is 0 Å². The summed E-state index contributed by atoms with van der Waals surface area (Å²) in [6.07, 6.45) is 4.81. The van der Waals surface area contributed by atoms with Crippen LogP contribution < -0.4 is 5.32 Å². The van der Waals surface area contributed by atoms with Crippen LogP contribution in [0.5, 0.6) is 0 Å². The lowest BCUT2D eigenvalue weighted by Gasteiger charge is -2.10. The Morgan fingerprint density at radius 1 is 1.30 bits per heavy atom. The van der Waals surface area contributed by atoms with Gasteiger partial charge in [0.1, 0.15) is 0 Å². The first kappa shape index (κ1) is 13.8. The molecule has 0 bridgehead atoms. The maximum atomic E-state index is 5.45. The predicted molar refractivity (Wildman–Crippen MR) is 81.4 cm³/mol. The molecule has 2 heterocycles. The second-order valence-corrected chi connectivity index (χ2v) is 6.19. The van der Waals surface area contributed by atoms with E-state index in [4.69, 9.17) is 4.52 Å². The van der Waals surface area contributed by atoms with Crippen LogP contribution in [-0.2, 0) is 0 Å². The van der Waals surface area contributed by atoms with Gasteiger partial charge in [0.15, 0.2) is 5.82 Å². The number of benzene rings is 1. The summed E-state index contributed by atoms with van der Waals surface area (Å²) in [6, 6.07) is 6.29. The van der Waals surface area contributed by atoms with Gasteiger partial charge >= 0.3 is 0 Å². The molecular formula is C15H18BrN3O. The van der Waals surface area contributed by atoms with E-state index in [0.717, 1.165) is 34.4 Å². The number of hydrogen-bond acceptors (Lipinski definition) is 4. The number of nitrogens with zero attached hydrogens (tertiary/aromatic N) is 2. The van der Waals surface area contributed by atoms with E-state index in [-0.39, 0.29) is 6.04 Å². The largest absolute Gasteiger partial charge is 0.334 e. The molecule has 5 heteroatoms. The molecule has 3 rings (SSSR count). The molecule has 4 nitrogen and oxygen atoms in total. The predicted octanol–water partition coefficient (Wildman–Crippen LogP) is 4.01. The van der Waals surface area contributed by atoms with E-state index < -0.39 is 0 Å². The third-order valence-corrected chi connectivity index (χ3v) is 4.23. The minimum Gasteiger partial charge on any atom is -0.334 e. The van der Waals surface area contributed by atoms with Crippen molar-refractivity contribution in [2.75, 3.05) is 6.54 Å². The van der Waals surface area contributed by atoms with Crippen molar-refractivity contribution >= 4 is 15.9 Å². The summed E-state index contributed by atoms with van der Waals surface area (Å²) in [4.78, 5) is 4.58. The van der Waals surface area contributed by atoms with E-state index in [2.05, 4.69) is 37.5 Å². The molecule has 106 valence electrons. The lowest BCUT2D eigenvalue weighted by molar-refractivity contribution is 0.402. The highest BCUT2D eigenvalue weighted by Gasteiger charge is 2.20. The summed E-state index contributed by atoms with van der Waals surface area (Å²) in [5, 5.41) is 7.66. The fourth-order valence-corrected chi connectivity index (χ4v) is 3.08. The summed E-state index contributed by atoms with van der Waals surface area (Å²) in [7, 11) is 0. The van der Waals surface area contributed by atoms with Crippen LogP contribution in [0.15, 0.2) is 27.2 Å². The van der Waals surface area contributed by atoms with Crippen LogP contribution in [-0.4, -0.2) is 16.7 Å². The molecule has 0 radical (unpaired) electrons. The Hall–Kier alpha value is -1.20. The first-order chi connectivity index (χ1) is 9.74. The molecule has 0 amide bonds. The number of aryl methyl sites for hydroxylation is 1. The standard InChI is InChI=1S/C15H18BrN3O/c1-10-9-11(16)6-7-12(10)15-18-14(19-20-15)13-5-3-2-4-8-17-13/h6-7,9,13,17H,2-5,8H2,1H3. The van der Waals surface area contributed by atoms with Crippen LogP contribution >= 0.6 is 15.9 Å². The second-order valence-electron chi connectivity index (χ2n) is 5.27. The zero-order valence-corrected chi connectivity index (χ0v) is 13.1. The van der Waals surface area contributed by atoms with E-state index in [1.807, 2.05) is 19.1 Å². The molecule has 20 heavy (non-hydrogen) atoms. The molecule has 1 N–H and O–H groups in total. The van der Waals surface area contributed by atoms with Gasteiger partial charge in [0.05, 0.1) is 6.04 Å². The summed E-state index contributed by atoms with van der Waals surface area (Å²) >= 11 is 3.47. The maximum Gasteiger partial charge on any atom is 0.258 e. The van der Waals surface area contributed by atoms with Gasteiger partial charge in [0.25, 0.3) is 5.89 Å². The highest BCUT2D eigenvalue weighted by Crippen LogP contribution is 2.27. The number of rotatable bonds is 2. The molecule has 1 aromatic heterocycles. The molecule has 1 aliphatic heterocycles. The Kier molecular flexibility index (Phi) is 4.17. The van der Waals surface area contributed by atoms with Gasteiger partial charge in [-0.3, -0.25) is 0 Å². The number of hydrogen-bond donors (Lipinski definition) is 1. The zero-order valence-electron chi connectivity index (χ0n) is 11.5. The van der Waals surface area contributed by atoms with Crippen LogP contribution in [0, 0.1) is 6.92 Å². The SMILES string of the molecule is Cc1cc(Br)ccc1-c1nc(C2CCCCCN2)no1. The molecule has 1 fully saturated rings. The van der Waals surface area contributed by atoms with Crippen molar-refractivity contribution in [3.8, 4) is 11.5 Å². The highest BCUT2D eigenvalue weighted by atomic mass is 79.9. The van der Waals surface area contributed by atoms with E-state index in [0.29, 0.717) is 5.89 Å². The molecule has 0 aliphatic carbocycles. The number of nitrogens with one attached hydrogen (secondary N) is 1. The van der Waals surface area contributed by atoms with E-state index in [9.17, 15) is 0 Å². The molecule has 1 saturated heterocycles. The Morgan fingerprint density at radius 2 is 2.20 bits per heavy atom. The van der Waals surface area contributed by atoms with Crippen LogP contribution in [0.4, 0.5) is 0 Å². The maximum absolute atomic E-state index is 5.45. The number of aromatic nitrogens is 2. The molecule has 1 aliphatic rings. The van der Waals surface area contributed by atoms with Crippen LogP contribution in [0.3, 0.4) is 0 Å². The Balaban J connectivity index is 1.85. The third kappa shape index (κ3) is 2.94. The Morgan fingerprint density at radius 3 is 3.05 bits per heavy atom. The Labute approximate surface area is 127 Å². The first-order valence-electron chi connectivity index (χ1n) is 7.07. The Bertz CT molecular complexity index is 589. The van der Waals surface area contributed by atoms with Gasteiger partial charge in [-0.1, -0.05) is 33.9 Å². The average Bonchev–Trinajstić information content (AvgIpc) is 2.74. The van der Waals surface area contributed by atoms with Crippen molar-refractivity contribution in [3.63, 3.8) is 0 Å². The van der Waals surface area contributed by atoms with Crippen molar-refractivity contribution in [2.24, 2.45) is 0 Å². The van der Waals surface area contributed by atoms with Crippen molar-refractivity contribution < 1.29 is 4.52 Å². The quantitative estimate of drug-likeness (QED) is 0.900. The van der Waals surface area contributed by atoms with Gasteiger partial charge in [0, 0.05) is 10.0 Å². The van der Waals surface area contributed by atoms with Crippen LogP contribution in [0.25, 0.3) is 11.5 Å². The highest BCUT2D eigenvalue weighted by molar-refractivity contribution is 9.10. The van der Waals surface area contributed by atoms with Gasteiger partial charge < -0.3 is 9.84 Å². The fraction of sp³-hybridized carbons (Fsp3) is 0.467. The van der Waals surface area contributed by atoms with E-state index in [1.165, 1.54) is 19.3 Å². The summed E-state index contributed by atoms with van der Waals surface area (Å²) in [6.45, 7) is 3.08. The summed E-state index contributed by atoms with van der Waals surface area (Å²) in [5.74, 6) is 1.39. The van der Waals surface area contributed by atoms with Gasteiger partial charge in [-0.2, -0.15) is 4.98 Å². The molecule has 0 saturated carbocycles. The van der Waals surface area contributed by atoms with Crippen molar-refractivity contribution in [1.82, 2.24) is 15.5 Å². The van der Waals surface area contributed by atoms with Gasteiger partial charge in [-0.15, -0.1) is 0 Å². The zero-order chi connectivity index (χ0) is 13.9. The minimum atomic E-state index is 0.228. The summed E-state index contributed by atoms with van der Waals surface area (Å²) < 4.78 is 6.51. The fourth-order valence-electron chi connectivity index (χ4n) is 2.60. The molecule has 2 aromatic rings. The van der Waals surface area contributed by atoms with Crippen LogP contribution in [0.2, 0.25) is 0 Å². The number of halogens is 1.